The van der Waals surface area contributed by atoms with E-state index in [4.69, 9.17) is 15.2 Å². The maximum Gasteiger partial charge on any atom is 0.329 e. The number of hydrazine groups is 1. The lowest BCUT2D eigenvalue weighted by Gasteiger charge is -2.65. The van der Waals surface area contributed by atoms with E-state index in [0.717, 1.165) is 76.7 Å². The van der Waals surface area contributed by atoms with Crippen molar-refractivity contribution in [2.24, 2.45) is 52.1 Å². The van der Waals surface area contributed by atoms with E-state index in [-0.39, 0.29) is 28.8 Å². The average molecular weight is 572 g/mol. The predicted molar refractivity (Wildman–Crippen MR) is 160 cm³/mol. The molecule has 3 heterocycles. The minimum absolute atomic E-state index is 0.0605. The fraction of sp³-hybridized carbons (Fsp3) is 0.970. The fourth-order valence-electron chi connectivity index (χ4n) is 11.8. The van der Waals surface area contributed by atoms with E-state index in [2.05, 4.69) is 55.4 Å². The highest BCUT2D eigenvalue weighted by molar-refractivity contribution is 5.73. The highest BCUT2D eigenvalue weighted by atomic mass is 16.7. The van der Waals surface area contributed by atoms with Gasteiger partial charge in [-0.05, 0) is 105 Å². The van der Waals surface area contributed by atoms with Crippen LogP contribution in [0.4, 0.5) is 4.79 Å². The van der Waals surface area contributed by atoms with Gasteiger partial charge in [0.15, 0.2) is 5.79 Å². The first kappa shape index (κ1) is 28.8. The smallest absolute Gasteiger partial charge is 0.329 e. The Labute approximate surface area is 248 Å². The minimum Gasteiger partial charge on any atom is -0.349 e. The van der Waals surface area contributed by atoms with Crippen molar-refractivity contribution in [3.8, 4) is 0 Å². The van der Waals surface area contributed by atoms with Gasteiger partial charge < -0.3 is 25.4 Å². The second kappa shape index (κ2) is 10.0. The molecule has 3 saturated heterocycles. The number of rotatable bonds is 2. The summed E-state index contributed by atoms with van der Waals surface area (Å²) in [6.07, 6.45) is 11.8. The molecule has 4 aliphatic carbocycles. The number of likely N-dealkylation sites (N-methyl/N-ethyl adjacent to an activating group) is 1. The normalized spacial score (nSPS) is 53.7. The van der Waals surface area contributed by atoms with Gasteiger partial charge in [0.05, 0.1) is 12.7 Å². The van der Waals surface area contributed by atoms with Crippen LogP contribution in [-0.2, 0) is 9.47 Å². The topological polar surface area (TPSA) is 92.1 Å². The number of hydrogen-bond acceptors (Lipinski definition) is 6. The third kappa shape index (κ3) is 4.43. The molecule has 12 atom stereocenters. The molecule has 4 saturated carbocycles. The molecular weight excluding hydrogens is 514 g/mol. The largest absolute Gasteiger partial charge is 0.349 e. The number of carbonyl (C=O) groups excluding carboxylic acids is 1. The Morgan fingerprint density at radius 1 is 0.951 bits per heavy atom. The molecule has 4 N–H and O–H groups in total. The number of nitrogens with zero attached hydrogens (tertiary/aromatic N) is 2. The summed E-state index contributed by atoms with van der Waals surface area (Å²) in [5.74, 6) is 3.53. The third-order valence-corrected chi connectivity index (χ3v) is 14.3. The third-order valence-electron chi connectivity index (χ3n) is 14.3. The Balaban J connectivity index is 1.02. The van der Waals surface area contributed by atoms with E-state index in [9.17, 15) is 4.79 Å². The van der Waals surface area contributed by atoms with Crippen LogP contribution in [0.2, 0.25) is 0 Å². The second-order valence-electron chi connectivity index (χ2n) is 16.3. The molecule has 232 valence electrons. The number of piperazine rings is 1. The zero-order valence-corrected chi connectivity index (χ0v) is 26.4. The van der Waals surface area contributed by atoms with E-state index in [1.165, 1.54) is 32.1 Å². The molecule has 0 aromatic carbocycles. The lowest BCUT2D eigenvalue weighted by molar-refractivity contribution is -0.273. The van der Waals surface area contributed by atoms with Gasteiger partial charge in [-0.25, -0.2) is 9.80 Å². The molecular formula is C33H57N5O3. The molecule has 0 radical (unpaired) electrons. The van der Waals surface area contributed by atoms with Gasteiger partial charge in [-0.3, -0.25) is 5.43 Å². The number of urea groups is 1. The Morgan fingerprint density at radius 2 is 1.73 bits per heavy atom. The number of fused-ring (bicyclic) bond motifs is 7. The number of ether oxygens (including phenoxy) is 2. The molecule has 8 nitrogen and oxygen atoms in total. The number of hydrogen-bond donors (Lipinski definition) is 3. The molecule has 0 aromatic heterocycles. The van der Waals surface area contributed by atoms with Crippen LogP contribution in [-0.4, -0.2) is 79.2 Å². The van der Waals surface area contributed by atoms with Gasteiger partial charge in [0, 0.05) is 50.1 Å². The Hall–Kier alpha value is -0.930. The quantitative estimate of drug-likeness (QED) is 0.457. The maximum absolute atomic E-state index is 12.9. The first-order valence-electron chi connectivity index (χ1n) is 17.1. The highest BCUT2D eigenvalue weighted by Crippen LogP contribution is 2.71. The molecule has 0 unspecified atom stereocenters. The zero-order valence-electron chi connectivity index (χ0n) is 26.4. The van der Waals surface area contributed by atoms with Crippen LogP contribution in [0.1, 0.15) is 91.9 Å². The molecule has 0 aromatic rings. The highest BCUT2D eigenvalue weighted by Gasteiger charge is 2.70. The van der Waals surface area contributed by atoms with Crippen LogP contribution in [0.15, 0.2) is 0 Å². The van der Waals surface area contributed by atoms with Gasteiger partial charge in [-0.2, -0.15) is 0 Å². The summed E-state index contributed by atoms with van der Waals surface area (Å²) in [4.78, 5) is 15.2. The van der Waals surface area contributed by atoms with Crippen molar-refractivity contribution < 1.29 is 14.3 Å². The fourth-order valence-corrected chi connectivity index (χ4v) is 11.8. The summed E-state index contributed by atoms with van der Waals surface area (Å²) in [6, 6.07) is 0.0927. The lowest BCUT2D eigenvalue weighted by Crippen LogP contribution is -2.68. The van der Waals surface area contributed by atoms with Crippen molar-refractivity contribution in [2.45, 2.75) is 115 Å². The number of carbonyl (C=O) groups is 1. The lowest BCUT2D eigenvalue weighted by atomic mass is 9.42. The van der Waals surface area contributed by atoms with Gasteiger partial charge in [-0.15, -0.1) is 0 Å². The number of amides is 2. The Bertz CT molecular complexity index is 1010. The molecule has 41 heavy (non-hydrogen) atoms. The Morgan fingerprint density at radius 3 is 2.46 bits per heavy atom. The number of nitrogens with two attached hydrogens (primary N) is 1. The molecule has 7 aliphatic rings. The van der Waals surface area contributed by atoms with E-state index in [1.54, 1.807) is 0 Å². The first-order valence-corrected chi connectivity index (χ1v) is 17.1. The van der Waals surface area contributed by atoms with E-state index in [0.29, 0.717) is 35.2 Å². The van der Waals surface area contributed by atoms with Gasteiger partial charge in [-0.1, -0.05) is 27.7 Å². The van der Waals surface area contributed by atoms with Gasteiger partial charge >= 0.3 is 6.03 Å². The van der Waals surface area contributed by atoms with Gasteiger partial charge in [0.25, 0.3) is 0 Å². The maximum atomic E-state index is 12.9. The van der Waals surface area contributed by atoms with Crippen molar-refractivity contribution in [1.29, 1.82) is 0 Å². The molecule has 1 spiro atoms. The second-order valence-corrected chi connectivity index (χ2v) is 16.3. The molecule has 2 amide bonds. The molecule has 7 rings (SSSR count). The summed E-state index contributed by atoms with van der Waals surface area (Å²) in [5.41, 5.74) is 10.8. The van der Waals surface area contributed by atoms with Crippen molar-refractivity contribution in [3.63, 3.8) is 0 Å². The van der Waals surface area contributed by atoms with E-state index in [1.807, 2.05) is 0 Å². The molecule has 7 fully saturated rings. The van der Waals surface area contributed by atoms with Crippen LogP contribution in [0.5, 0.6) is 0 Å². The standard InChI is InChI=1S/C33H57N5O3/c1-21-6-13-33(40-20-21)22(2)28-27(41-33)18-26-24-8-12-32(34)19-23(35-29(39)36-38-16-14-37(5)15-17-38)7-11-31(32,4)25(24)9-10-30(26,28)3/h21-28H,6-20,34H2,1-5H3,(H2,35,36,39)/t21-,22-,23+,24+,25-,26-,27-,28-,30-,31+,32-,33+/m0/s1. The van der Waals surface area contributed by atoms with Crippen molar-refractivity contribution >= 4 is 6.03 Å². The summed E-state index contributed by atoms with van der Waals surface area (Å²) in [7, 11) is 2.13. The van der Waals surface area contributed by atoms with Crippen LogP contribution >= 0.6 is 0 Å². The van der Waals surface area contributed by atoms with Crippen LogP contribution in [0.25, 0.3) is 0 Å². The predicted octanol–water partition coefficient (Wildman–Crippen LogP) is 4.34. The van der Waals surface area contributed by atoms with E-state index >= 15 is 0 Å². The average Bonchev–Trinajstić information content (AvgIpc) is 3.37. The summed E-state index contributed by atoms with van der Waals surface area (Å²) >= 11 is 0. The van der Waals surface area contributed by atoms with Crippen molar-refractivity contribution in [3.05, 3.63) is 0 Å². The zero-order chi connectivity index (χ0) is 28.8. The number of nitrogens with one attached hydrogen (secondary N) is 2. The monoisotopic (exact) mass is 571 g/mol. The molecule has 8 heteroatoms. The first-order chi connectivity index (χ1) is 19.5. The Kier molecular flexibility index (Phi) is 7.06. The SMILES string of the molecule is C[C@H]1CC[C@@]2(OC1)O[C@H]1C[C@H]3[C@@H]4CC[C@]5(N)C[C@H](NC(=O)NN6CCN(C)CC6)CC[C@]5(C)[C@H]4CC[C@]3(C)[C@H]1[C@@H]2C. The molecule has 3 aliphatic heterocycles. The van der Waals surface area contributed by atoms with Crippen molar-refractivity contribution in [1.82, 2.24) is 20.7 Å². The summed E-state index contributed by atoms with van der Waals surface area (Å²) in [5, 5.41) is 5.37. The molecule has 0 bridgehead atoms. The summed E-state index contributed by atoms with van der Waals surface area (Å²) < 4.78 is 13.5. The summed E-state index contributed by atoms with van der Waals surface area (Å²) in [6.45, 7) is 14.4. The van der Waals surface area contributed by atoms with Crippen LogP contribution in [0, 0.1) is 46.3 Å². The van der Waals surface area contributed by atoms with Crippen molar-refractivity contribution in [2.75, 3.05) is 39.8 Å². The van der Waals surface area contributed by atoms with Gasteiger partial charge in [0.1, 0.15) is 0 Å². The van der Waals surface area contributed by atoms with Crippen LogP contribution in [0.3, 0.4) is 0 Å². The minimum atomic E-state index is -0.334. The van der Waals surface area contributed by atoms with Gasteiger partial charge in [0.2, 0.25) is 0 Å². The van der Waals surface area contributed by atoms with E-state index < -0.39 is 0 Å². The van der Waals surface area contributed by atoms with Crippen LogP contribution < -0.4 is 16.5 Å².